The summed E-state index contributed by atoms with van der Waals surface area (Å²) in [7, 11) is 3.45. The molecule has 0 unspecified atom stereocenters. The molecule has 1 heterocycles. The van der Waals surface area contributed by atoms with Gasteiger partial charge in [0.05, 0.1) is 49.8 Å². The van der Waals surface area contributed by atoms with E-state index in [-0.39, 0.29) is 53.0 Å². The van der Waals surface area contributed by atoms with E-state index in [9.17, 15) is 10.2 Å². The van der Waals surface area contributed by atoms with Gasteiger partial charge >= 0.3 is 0 Å². The molecule has 4 fully saturated rings. The molecular weight excluding hydrogens is 444 g/mol. The largest absolute Gasteiger partial charge is 0.497 e. The highest BCUT2D eigenvalue weighted by molar-refractivity contribution is 5.27. The van der Waals surface area contributed by atoms with Crippen molar-refractivity contribution in [3.05, 3.63) is 29.8 Å². The Bertz CT molecular complexity index is 912. The van der Waals surface area contributed by atoms with E-state index in [0.717, 1.165) is 17.7 Å². The highest BCUT2D eigenvalue weighted by atomic mass is 16.6. The van der Waals surface area contributed by atoms with Crippen LogP contribution in [0.1, 0.15) is 59.4 Å². The zero-order valence-corrected chi connectivity index (χ0v) is 22.4. The molecule has 0 radical (unpaired) electrons. The third-order valence-electron chi connectivity index (χ3n) is 10.4. The van der Waals surface area contributed by atoms with Gasteiger partial charge < -0.3 is 29.2 Å². The maximum atomic E-state index is 11.5. The maximum Gasteiger partial charge on any atom is 0.118 e. The number of hydrogen-bond donors (Lipinski definition) is 2. The summed E-state index contributed by atoms with van der Waals surface area (Å²) in [5.74, 6) is 1.64. The van der Waals surface area contributed by atoms with E-state index in [1.54, 1.807) is 21.1 Å². The Morgan fingerprint density at radius 2 is 1.69 bits per heavy atom. The number of rotatable bonds is 5. The normalized spacial score (nSPS) is 48.2. The molecule has 1 aliphatic heterocycles. The smallest absolute Gasteiger partial charge is 0.118 e. The highest BCUT2D eigenvalue weighted by Crippen LogP contribution is 2.69. The number of ether oxygens (including phenoxy) is 4. The molecule has 0 spiro atoms. The summed E-state index contributed by atoms with van der Waals surface area (Å²) in [6, 6.07) is 8.06. The van der Waals surface area contributed by atoms with E-state index >= 15 is 0 Å². The number of epoxide rings is 1. The number of methoxy groups -OCH3 is 2. The molecule has 5 rings (SSSR count). The van der Waals surface area contributed by atoms with E-state index in [1.165, 1.54) is 0 Å². The van der Waals surface area contributed by atoms with Crippen molar-refractivity contribution in [3.63, 3.8) is 0 Å². The van der Waals surface area contributed by atoms with Gasteiger partial charge in [0.15, 0.2) is 0 Å². The maximum absolute atomic E-state index is 11.5. The summed E-state index contributed by atoms with van der Waals surface area (Å²) in [5, 5.41) is 22.9. The van der Waals surface area contributed by atoms with Gasteiger partial charge in [0, 0.05) is 12.5 Å². The quantitative estimate of drug-likeness (QED) is 0.605. The molecule has 1 aromatic carbocycles. The fourth-order valence-electron chi connectivity index (χ4n) is 8.46. The average Bonchev–Trinajstić information content (AvgIpc) is 3.55. The lowest BCUT2D eigenvalue weighted by Gasteiger charge is -2.48. The van der Waals surface area contributed by atoms with E-state index < -0.39 is 11.7 Å². The molecule has 11 atom stereocenters. The molecule has 1 saturated heterocycles. The lowest BCUT2D eigenvalue weighted by Crippen LogP contribution is -2.50. The first-order valence-electron chi connectivity index (χ1n) is 13.3. The predicted octanol–water partition coefficient (Wildman–Crippen LogP) is 4.20. The summed E-state index contributed by atoms with van der Waals surface area (Å²) >= 11 is 0. The Hall–Kier alpha value is -1.18. The summed E-state index contributed by atoms with van der Waals surface area (Å²) in [6.45, 7) is 11.4. The van der Waals surface area contributed by atoms with Gasteiger partial charge in [0.25, 0.3) is 0 Å². The molecule has 3 aliphatic carbocycles. The minimum absolute atomic E-state index is 0.0243. The molecule has 0 aromatic heterocycles. The molecule has 4 aliphatic rings. The number of aliphatic hydroxyl groups is 2. The van der Waals surface area contributed by atoms with Gasteiger partial charge in [-0.25, -0.2) is 0 Å². The molecule has 6 heteroatoms. The molecule has 35 heavy (non-hydrogen) atoms. The van der Waals surface area contributed by atoms with Gasteiger partial charge in [-0.15, -0.1) is 0 Å². The van der Waals surface area contributed by atoms with Crippen LogP contribution in [0, 0.1) is 34.5 Å². The Morgan fingerprint density at radius 3 is 2.31 bits per heavy atom. The minimum atomic E-state index is -1.18. The predicted molar refractivity (Wildman–Crippen MR) is 133 cm³/mol. The second-order valence-corrected chi connectivity index (χ2v) is 12.9. The van der Waals surface area contributed by atoms with Crippen LogP contribution in [0.4, 0.5) is 0 Å². The summed E-state index contributed by atoms with van der Waals surface area (Å²) in [6.07, 6.45) is 1.44. The van der Waals surface area contributed by atoms with Crippen molar-refractivity contribution in [2.24, 2.45) is 34.5 Å². The summed E-state index contributed by atoms with van der Waals surface area (Å²) in [4.78, 5) is 0. The first-order chi connectivity index (χ1) is 16.4. The number of aliphatic hydroxyl groups excluding tert-OH is 1. The van der Waals surface area contributed by atoms with Crippen LogP contribution < -0.4 is 4.74 Å². The zero-order chi connectivity index (χ0) is 25.3. The van der Waals surface area contributed by atoms with E-state index in [4.69, 9.17) is 18.9 Å². The average molecular weight is 489 g/mol. The van der Waals surface area contributed by atoms with Gasteiger partial charge in [0.2, 0.25) is 0 Å². The topological polar surface area (TPSA) is 80.7 Å². The van der Waals surface area contributed by atoms with E-state index in [1.807, 2.05) is 12.1 Å². The van der Waals surface area contributed by atoms with Crippen LogP contribution in [0.15, 0.2) is 24.3 Å². The molecule has 3 saturated carbocycles. The van der Waals surface area contributed by atoms with E-state index in [0.29, 0.717) is 25.4 Å². The molecule has 1 aromatic rings. The fraction of sp³-hybridized carbons (Fsp3) is 0.793. The first kappa shape index (κ1) is 25.5. The minimum Gasteiger partial charge on any atom is -0.497 e. The number of hydrogen-bond acceptors (Lipinski definition) is 6. The van der Waals surface area contributed by atoms with Crippen LogP contribution in [0.25, 0.3) is 0 Å². The van der Waals surface area contributed by atoms with Crippen LogP contribution in [0.5, 0.6) is 5.75 Å². The van der Waals surface area contributed by atoms with Crippen LogP contribution in [0.3, 0.4) is 0 Å². The van der Waals surface area contributed by atoms with Crippen molar-refractivity contribution in [3.8, 4) is 5.75 Å². The number of benzene rings is 1. The lowest BCUT2D eigenvalue weighted by atomic mass is 9.62. The molecule has 0 amide bonds. The van der Waals surface area contributed by atoms with Crippen LogP contribution in [-0.4, -0.2) is 60.6 Å². The SMILES string of the molecule is COc1ccc(CO[C@H]2[C@H]3C[C@@H](C)[C@H](OC)[C@H]3C[C@@](C)(O)[C@@H](O)C[C@H]3C(C)(C)[C@@H]4O[C@@H]4[C@@]23C)cc1. The van der Waals surface area contributed by atoms with Crippen molar-refractivity contribution in [1.82, 2.24) is 0 Å². The molecular formula is C29H44O6. The standard InChI is InChI=1S/C29H44O6/c1-16-12-19-20(23(16)33-7)14-28(4,31)22(30)13-21-27(2,3)25-26(35-25)29(21,5)24(19)34-15-17-8-10-18(32-6)11-9-17/h8-11,16,19-26,30-31H,12-15H2,1-7H3/t16-,19+,20+,21+,22+,23+,24+,25-,26+,28-,29-/m1/s1. The van der Waals surface area contributed by atoms with Gasteiger partial charge in [-0.1, -0.05) is 39.8 Å². The van der Waals surface area contributed by atoms with Gasteiger partial charge in [-0.05, 0) is 73.0 Å². The first-order valence-corrected chi connectivity index (χ1v) is 13.3. The van der Waals surface area contributed by atoms with Crippen molar-refractivity contribution in [2.45, 2.75) is 96.6 Å². The van der Waals surface area contributed by atoms with Crippen molar-refractivity contribution in [1.29, 1.82) is 0 Å². The monoisotopic (exact) mass is 488 g/mol. The second kappa shape index (κ2) is 8.70. The molecule has 196 valence electrons. The molecule has 2 N–H and O–H groups in total. The second-order valence-electron chi connectivity index (χ2n) is 12.9. The van der Waals surface area contributed by atoms with Crippen LogP contribution in [0.2, 0.25) is 0 Å². The zero-order valence-electron chi connectivity index (χ0n) is 22.4. The van der Waals surface area contributed by atoms with Crippen molar-refractivity contribution >= 4 is 0 Å². The Labute approximate surface area is 210 Å². The Balaban J connectivity index is 1.56. The van der Waals surface area contributed by atoms with Crippen LogP contribution >= 0.6 is 0 Å². The van der Waals surface area contributed by atoms with Crippen molar-refractivity contribution < 1.29 is 29.2 Å². The summed E-state index contributed by atoms with van der Waals surface area (Å²) in [5.41, 5.74) is -0.454. The third kappa shape index (κ3) is 3.95. The number of fused-ring (bicyclic) bond motifs is 4. The van der Waals surface area contributed by atoms with Gasteiger partial charge in [-0.2, -0.15) is 0 Å². The Morgan fingerprint density at radius 1 is 1.00 bits per heavy atom. The van der Waals surface area contributed by atoms with Gasteiger partial charge in [0.1, 0.15) is 5.75 Å². The van der Waals surface area contributed by atoms with Gasteiger partial charge in [-0.3, -0.25) is 0 Å². The summed E-state index contributed by atoms with van der Waals surface area (Å²) < 4.78 is 24.6. The lowest BCUT2D eigenvalue weighted by molar-refractivity contribution is -0.143. The van der Waals surface area contributed by atoms with Crippen LogP contribution in [-0.2, 0) is 20.8 Å². The highest BCUT2D eigenvalue weighted by Gasteiger charge is 2.75. The third-order valence-corrected chi connectivity index (χ3v) is 10.4. The Kier molecular flexibility index (Phi) is 6.33. The molecule has 0 bridgehead atoms. The fourth-order valence-corrected chi connectivity index (χ4v) is 8.46. The van der Waals surface area contributed by atoms with Crippen molar-refractivity contribution in [2.75, 3.05) is 14.2 Å². The van der Waals surface area contributed by atoms with E-state index in [2.05, 4.69) is 39.8 Å². The molecule has 6 nitrogen and oxygen atoms in total.